The average molecular weight is 490 g/mol. The maximum Gasteiger partial charge on any atom is 0.338 e. The van der Waals surface area contributed by atoms with Gasteiger partial charge in [-0.15, -0.1) is 11.3 Å². The number of fused-ring (bicyclic) bond motifs is 1. The molecule has 3 heterocycles. The summed E-state index contributed by atoms with van der Waals surface area (Å²) in [6.07, 6.45) is 3.17. The number of anilines is 1. The molecule has 0 bridgehead atoms. The molecule has 0 atom stereocenters. The van der Waals surface area contributed by atoms with E-state index >= 15 is 0 Å². The second-order valence-electron chi connectivity index (χ2n) is 8.60. The number of aromatic nitrogens is 1. The zero-order valence-corrected chi connectivity index (χ0v) is 19.7. The molecule has 4 aromatic rings. The van der Waals surface area contributed by atoms with E-state index < -0.39 is 5.97 Å². The molecule has 0 unspecified atom stereocenters. The van der Waals surface area contributed by atoms with E-state index in [9.17, 15) is 19.1 Å². The van der Waals surface area contributed by atoms with E-state index in [-0.39, 0.29) is 23.8 Å². The van der Waals surface area contributed by atoms with Gasteiger partial charge < -0.3 is 15.3 Å². The SMILES string of the molecule is O=C(O)c1csc2c(NCc3ccccc3F)c(C(=O)N3CCC(c4ccccc4)CC3)cnc12. The first-order valence-electron chi connectivity index (χ1n) is 11.5. The van der Waals surface area contributed by atoms with Crippen LogP contribution in [0.5, 0.6) is 0 Å². The van der Waals surface area contributed by atoms with Crippen molar-refractivity contribution >= 4 is 39.1 Å². The number of carbonyl (C=O) groups excluding carboxylic acids is 1. The van der Waals surface area contributed by atoms with E-state index in [0.717, 1.165) is 12.8 Å². The van der Waals surface area contributed by atoms with Gasteiger partial charge in [-0.1, -0.05) is 48.5 Å². The molecule has 178 valence electrons. The van der Waals surface area contributed by atoms with Gasteiger partial charge >= 0.3 is 5.97 Å². The van der Waals surface area contributed by atoms with Gasteiger partial charge in [0, 0.05) is 36.8 Å². The molecule has 6 nitrogen and oxygen atoms in total. The highest BCUT2D eigenvalue weighted by atomic mass is 32.1. The molecule has 1 fully saturated rings. The van der Waals surface area contributed by atoms with Crippen molar-refractivity contribution in [1.29, 1.82) is 0 Å². The number of carbonyl (C=O) groups is 2. The topological polar surface area (TPSA) is 82.5 Å². The van der Waals surface area contributed by atoms with Crippen LogP contribution in [0.15, 0.2) is 66.2 Å². The van der Waals surface area contributed by atoms with Crippen LogP contribution in [0.3, 0.4) is 0 Å². The van der Waals surface area contributed by atoms with Gasteiger partial charge in [-0.05, 0) is 30.4 Å². The number of thiophene rings is 1. The quantitative estimate of drug-likeness (QED) is 0.360. The predicted octanol–water partition coefficient (Wildman–Crippen LogP) is 5.77. The Bertz CT molecular complexity index is 1380. The fraction of sp³-hybridized carbons (Fsp3) is 0.222. The summed E-state index contributed by atoms with van der Waals surface area (Å²) in [5.41, 5.74) is 3.00. The number of pyridine rings is 1. The maximum atomic E-state index is 14.2. The third-order valence-electron chi connectivity index (χ3n) is 6.51. The Morgan fingerprint density at radius 2 is 1.77 bits per heavy atom. The average Bonchev–Trinajstić information content (AvgIpc) is 3.33. The second-order valence-corrected chi connectivity index (χ2v) is 9.48. The summed E-state index contributed by atoms with van der Waals surface area (Å²) in [4.78, 5) is 31.4. The zero-order chi connectivity index (χ0) is 24.4. The molecular weight excluding hydrogens is 465 g/mol. The van der Waals surface area contributed by atoms with Gasteiger partial charge in [0.15, 0.2) is 0 Å². The van der Waals surface area contributed by atoms with Crippen LogP contribution < -0.4 is 5.32 Å². The molecule has 1 amide bonds. The summed E-state index contributed by atoms with van der Waals surface area (Å²) >= 11 is 1.21. The number of rotatable bonds is 6. The van der Waals surface area contributed by atoms with Crippen LogP contribution in [0, 0.1) is 5.82 Å². The van der Waals surface area contributed by atoms with Gasteiger partial charge in [0.2, 0.25) is 0 Å². The van der Waals surface area contributed by atoms with Crippen LogP contribution in [-0.2, 0) is 6.54 Å². The fourth-order valence-corrected chi connectivity index (χ4v) is 5.62. The largest absolute Gasteiger partial charge is 0.478 e. The van der Waals surface area contributed by atoms with E-state index in [1.165, 1.54) is 34.5 Å². The van der Waals surface area contributed by atoms with Crippen molar-refractivity contribution in [2.45, 2.75) is 25.3 Å². The van der Waals surface area contributed by atoms with Crippen LogP contribution in [0.25, 0.3) is 10.2 Å². The Labute approximate surface area is 206 Å². The first-order valence-corrected chi connectivity index (χ1v) is 12.4. The van der Waals surface area contributed by atoms with E-state index in [1.807, 2.05) is 23.1 Å². The minimum absolute atomic E-state index is 0.0848. The third-order valence-corrected chi connectivity index (χ3v) is 7.50. The van der Waals surface area contributed by atoms with E-state index in [4.69, 9.17) is 0 Å². The van der Waals surface area contributed by atoms with Crippen molar-refractivity contribution in [2.75, 3.05) is 18.4 Å². The molecule has 1 aliphatic rings. The van der Waals surface area contributed by atoms with Crippen molar-refractivity contribution in [3.8, 4) is 0 Å². The number of hydrogen-bond acceptors (Lipinski definition) is 5. The molecule has 2 N–H and O–H groups in total. The van der Waals surface area contributed by atoms with Crippen LogP contribution in [0.2, 0.25) is 0 Å². The number of nitrogens with one attached hydrogen (secondary N) is 1. The number of nitrogens with zero attached hydrogens (tertiary/aromatic N) is 2. The molecule has 8 heteroatoms. The number of hydrogen-bond donors (Lipinski definition) is 2. The lowest BCUT2D eigenvalue weighted by Crippen LogP contribution is -2.38. The van der Waals surface area contributed by atoms with Gasteiger partial charge in [-0.3, -0.25) is 9.78 Å². The molecule has 5 rings (SSSR count). The van der Waals surface area contributed by atoms with Gasteiger partial charge in [0.25, 0.3) is 5.91 Å². The van der Waals surface area contributed by atoms with Crippen LogP contribution >= 0.6 is 11.3 Å². The lowest BCUT2D eigenvalue weighted by Gasteiger charge is -2.32. The zero-order valence-electron chi connectivity index (χ0n) is 18.9. The summed E-state index contributed by atoms with van der Waals surface area (Å²) < 4.78 is 14.8. The molecule has 1 saturated heterocycles. The number of likely N-dealkylation sites (tertiary alicyclic amines) is 1. The molecule has 0 spiro atoms. The molecule has 0 radical (unpaired) electrons. The van der Waals surface area contributed by atoms with Crippen LogP contribution in [0.1, 0.15) is 50.6 Å². The monoisotopic (exact) mass is 489 g/mol. The van der Waals surface area contributed by atoms with Crippen LogP contribution in [0.4, 0.5) is 10.1 Å². The van der Waals surface area contributed by atoms with E-state index in [0.29, 0.717) is 46.0 Å². The highest BCUT2D eigenvalue weighted by molar-refractivity contribution is 7.18. The summed E-state index contributed by atoms with van der Waals surface area (Å²) in [5.74, 6) is -1.17. The van der Waals surface area contributed by atoms with Crippen molar-refractivity contribution in [1.82, 2.24) is 9.88 Å². The Balaban J connectivity index is 1.43. The van der Waals surface area contributed by atoms with Gasteiger partial charge in [-0.25, -0.2) is 9.18 Å². The molecule has 2 aromatic carbocycles. The van der Waals surface area contributed by atoms with E-state index in [2.05, 4.69) is 22.4 Å². The van der Waals surface area contributed by atoms with Gasteiger partial charge in [-0.2, -0.15) is 0 Å². The molecule has 1 aliphatic heterocycles. The third kappa shape index (κ3) is 4.61. The Kier molecular flexibility index (Phi) is 6.46. The standard InChI is InChI=1S/C27H24FN3O3S/c28-22-9-5-4-8-19(22)14-29-23-20(15-30-24-21(27(33)34)16-35-25(23)24)26(32)31-12-10-18(11-13-31)17-6-2-1-3-7-17/h1-9,15-16,18H,10-14H2,(H,29,30)(H,33,34). The lowest BCUT2D eigenvalue weighted by molar-refractivity contribution is 0.0695. The molecule has 2 aromatic heterocycles. The number of carboxylic acid groups (broad SMARTS) is 1. The summed E-state index contributed by atoms with van der Waals surface area (Å²) in [6.45, 7) is 1.39. The molecule has 35 heavy (non-hydrogen) atoms. The van der Waals surface area contributed by atoms with E-state index in [1.54, 1.807) is 18.2 Å². The number of benzene rings is 2. The minimum Gasteiger partial charge on any atom is -0.478 e. The molecular formula is C27H24FN3O3S. The minimum atomic E-state index is -1.08. The molecule has 0 saturated carbocycles. The summed E-state index contributed by atoms with van der Waals surface area (Å²) in [6, 6.07) is 16.8. The number of amides is 1. The Hall–Kier alpha value is -3.78. The van der Waals surface area contributed by atoms with Crippen molar-refractivity contribution in [2.24, 2.45) is 0 Å². The number of carboxylic acids is 1. The maximum absolute atomic E-state index is 14.2. The van der Waals surface area contributed by atoms with Gasteiger partial charge in [0.1, 0.15) is 5.82 Å². The Morgan fingerprint density at radius 1 is 1.06 bits per heavy atom. The number of aromatic carboxylic acids is 1. The second kappa shape index (κ2) is 9.84. The highest BCUT2D eigenvalue weighted by Crippen LogP contribution is 2.36. The smallest absolute Gasteiger partial charge is 0.338 e. The fourth-order valence-electron chi connectivity index (χ4n) is 4.60. The van der Waals surface area contributed by atoms with Crippen LogP contribution in [-0.4, -0.2) is 40.0 Å². The first kappa shape index (κ1) is 23.0. The van der Waals surface area contributed by atoms with Crippen molar-refractivity contribution < 1.29 is 19.1 Å². The Morgan fingerprint density at radius 3 is 2.49 bits per heavy atom. The normalized spacial score (nSPS) is 14.3. The van der Waals surface area contributed by atoms with Crippen molar-refractivity contribution in [3.05, 3.63) is 94.2 Å². The highest BCUT2D eigenvalue weighted by Gasteiger charge is 2.28. The molecule has 0 aliphatic carbocycles. The predicted molar refractivity (Wildman–Crippen MR) is 135 cm³/mol. The lowest BCUT2D eigenvalue weighted by atomic mass is 9.89. The van der Waals surface area contributed by atoms with Crippen molar-refractivity contribution in [3.63, 3.8) is 0 Å². The summed E-state index contributed by atoms with van der Waals surface area (Å²) in [7, 11) is 0. The first-order chi connectivity index (χ1) is 17.0. The number of piperidine rings is 1. The van der Waals surface area contributed by atoms with Gasteiger partial charge in [0.05, 0.1) is 27.0 Å². The summed E-state index contributed by atoms with van der Waals surface area (Å²) in [5, 5.41) is 14.3. The number of halogens is 1.